The smallest absolute Gasteiger partial charge is 0.183 e. The maximum atomic E-state index is 5.03. The third-order valence-electron chi connectivity index (χ3n) is 1.17. The summed E-state index contributed by atoms with van der Waals surface area (Å²) in [5.41, 5.74) is 0.269. The van der Waals surface area contributed by atoms with Gasteiger partial charge in [-0.1, -0.05) is 20.8 Å². The minimum atomic E-state index is 0.269. The molecule has 0 aliphatic rings. The van der Waals surface area contributed by atoms with Crippen LogP contribution in [0.2, 0.25) is 0 Å². The summed E-state index contributed by atoms with van der Waals surface area (Å²) in [6, 6.07) is 0. The van der Waals surface area contributed by atoms with Crippen LogP contribution in [-0.4, -0.2) is 20.1 Å². The number of ether oxygens (including phenoxy) is 1. The first kappa shape index (κ1) is 9.47. The Balaban J connectivity index is 3.88. The van der Waals surface area contributed by atoms with Gasteiger partial charge in [-0.05, 0) is 5.41 Å². The highest BCUT2D eigenvalue weighted by molar-refractivity contribution is 5.76. The molecule has 0 aromatic heterocycles. The standard InChI is InChI=1S/C8H17NO/c1-8(2,3)6-7(9-4)10-5/h6H2,1-5H3. The fourth-order valence-corrected chi connectivity index (χ4v) is 0.696. The Morgan fingerprint density at radius 1 is 1.40 bits per heavy atom. The van der Waals surface area contributed by atoms with E-state index in [-0.39, 0.29) is 5.41 Å². The van der Waals surface area contributed by atoms with E-state index < -0.39 is 0 Å². The van der Waals surface area contributed by atoms with E-state index in [0.717, 1.165) is 12.3 Å². The molecule has 10 heavy (non-hydrogen) atoms. The van der Waals surface area contributed by atoms with E-state index >= 15 is 0 Å². The highest BCUT2D eigenvalue weighted by atomic mass is 16.5. The second-order valence-electron chi connectivity index (χ2n) is 3.56. The van der Waals surface area contributed by atoms with Crippen LogP contribution in [0.1, 0.15) is 27.2 Å². The molecule has 0 aromatic carbocycles. The van der Waals surface area contributed by atoms with Gasteiger partial charge in [-0.2, -0.15) is 0 Å². The monoisotopic (exact) mass is 143 g/mol. The quantitative estimate of drug-likeness (QED) is 0.407. The Hall–Kier alpha value is -0.530. The van der Waals surface area contributed by atoms with Crippen LogP contribution in [0.25, 0.3) is 0 Å². The van der Waals surface area contributed by atoms with E-state index in [2.05, 4.69) is 25.8 Å². The lowest BCUT2D eigenvalue weighted by atomic mass is 9.92. The summed E-state index contributed by atoms with van der Waals surface area (Å²) in [6.45, 7) is 6.49. The minimum absolute atomic E-state index is 0.269. The van der Waals surface area contributed by atoms with Crippen LogP contribution in [0.5, 0.6) is 0 Å². The number of hydrogen-bond acceptors (Lipinski definition) is 2. The molecule has 0 aromatic rings. The Morgan fingerprint density at radius 2 is 1.90 bits per heavy atom. The summed E-state index contributed by atoms with van der Waals surface area (Å²) in [5, 5.41) is 0. The van der Waals surface area contributed by atoms with Crippen LogP contribution >= 0.6 is 0 Å². The van der Waals surface area contributed by atoms with Crippen LogP contribution in [0.3, 0.4) is 0 Å². The van der Waals surface area contributed by atoms with E-state index in [1.165, 1.54) is 0 Å². The van der Waals surface area contributed by atoms with Crippen molar-refractivity contribution in [1.82, 2.24) is 0 Å². The first-order valence-corrected chi connectivity index (χ1v) is 3.49. The summed E-state index contributed by atoms with van der Waals surface area (Å²) in [5.74, 6) is 0.826. The molecule has 0 saturated heterocycles. The average Bonchev–Trinajstić information content (AvgIpc) is 1.81. The molecule has 2 heteroatoms. The Bertz CT molecular complexity index is 122. The molecule has 60 valence electrons. The highest BCUT2D eigenvalue weighted by Crippen LogP contribution is 2.19. The van der Waals surface area contributed by atoms with Gasteiger partial charge in [0.15, 0.2) is 5.90 Å². The van der Waals surface area contributed by atoms with Crippen LogP contribution in [-0.2, 0) is 4.74 Å². The SMILES string of the molecule is CN=C(CC(C)(C)C)OC. The molecule has 0 rings (SSSR count). The number of aliphatic imine (C=N–C) groups is 1. The first-order chi connectivity index (χ1) is 4.49. The molecule has 0 heterocycles. The van der Waals surface area contributed by atoms with Crippen molar-refractivity contribution in [2.24, 2.45) is 10.4 Å². The lowest BCUT2D eigenvalue weighted by molar-refractivity contribution is 0.341. The summed E-state index contributed by atoms with van der Waals surface area (Å²) in [4.78, 5) is 3.99. The van der Waals surface area contributed by atoms with E-state index in [4.69, 9.17) is 4.74 Å². The van der Waals surface area contributed by atoms with Crippen molar-refractivity contribution in [3.63, 3.8) is 0 Å². The van der Waals surface area contributed by atoms with Gasteiger partial charge in [0.2, 0.25) is 0 Å². The van der Waals surface area contributed by atoms with E-state index in [9.17, 15) is 0 Å². The molecule has 2 nitrogen and oxygen atoms in total. The van der Waals surface area contributed by atoms with Gasteiger partial charge in [0, 0.05) is 13.5 Å². The Labute approximate surface area is 63.3 Å². The zero-order valence-electron chi connectivity index (χ0n) is 7.56. The van der Waals surface area contributed by atoms with Gasteiger partial charge < -0.3 is 4.74 Å². The molecule has 0 aliphatic carbocycles. The van der Waals surface area contributed by atoms with Crippen LogP contribution in [0, 0.1) is 5.41 Å². The minimum Gasteiger partial charge on any atom is -0.484 e. The molecular formula is C8H17NO. The number of rotatable bonds is 1. The number of nitrogens with zero attached hydrogens (tertiary/aromatic N) is 1. The Kier molecular flexibility index (Phi) is 3.40. The second-order valence-corrected chi connectivity index (χ2v) is 3.56. The summed E-state index contributed by atoms with van der Waals surface area (Å²) < 4.78 is 5.03. The molecule has 0 spiro atoms. The third kappa shape index (κ3) is 4.36. The normalized spacial score (nSPS) is 13.5. The van der Waals surface area contributed by atoms with Crippen molar-refractivity contribution in [3.05, 3.63) is 0 Å². The zero-order chi connectivity index (χ0) is 8.20. The lowest BCUT2D eigenvalue weighted by Crippen LogP contribution is -2.14. The second kappa shape index (κ2) is 3.59. The van der Waals surface area contributed by atoms with Crippen LogP contribution in [0.4, 0.5) is 0 Å². The maximum Gasteiger partial charge on any atom is 0.183 e. The maximum absolute atomic E-state index is 5.03. The highest BCUT2D eigenvalue weighted by Gasteiger charge is 2.13. The largest absolute Gasteiger partial charge is 0.484 e. The van der Waals surface area contributed by atoms with Crippen LogP contribution < -0.4 is 0 Å². The lowest BCUT2D eigenvalue weighted by Gasteiger charge is -2.17. The van der Waals surface area contributed by atoms with Gasteiger partial charge in [0.25, 0.3) is 0 Å². The molecular weight excluding hydrogens is 126 g/mol. The van der Waals surface area contributed by atoms with Gasteiger partial charge >= 0.3 is 0 Å². The van der Waals surface area contributed by atoms with E-state index in [1.54, 1.807) is 14.2 Å². The summed E-state index contributed by atoms with van der Waals surface area (Å²) >= 11 is 0. The molecule has 0 radical (unpaired) electrons. The fourth-order valence-electron chi connectivity index (χ4n) is 0.696. The van der Waals surface area contributed by atoms with Crippen molar-refractivity contribution in [1.29, 1.82) is 0 Å². The van der Waals surface area contributed by atoms with Gasteiger partial charge in [0.05, 0.1) is 7.11 Å². The van der Waals surface area contributed by atoms with Gasteiger partial charge in [0.1, 0.15) is 0 Å². The predicted octanol–water partition coefficient (Wildman–Crippen LogP) is 2.10. The van der Waals surface area contributed by atoms with Crippen molar-refractivity contribution < 1.29 is 4.74 Å². The molecule has 0 aliphatic heterocycles. The number of hydrogen-bond donors (Lipinski definition) is 0. The predicted molar refractivity (Wildman–Crippen MR) is 44.4 cm³/mol. The third-order valence-corrected chi connectivity index (χ3v) is 1.17. The first-order valence-electron chi connectivity index (χ1n) is 3.49. The average molecular weight is 143 g/mol. The summed E-state index contributed by atoms with van der Waals surface area (Å²) in [6.07, 6.45) is 0.903. The van der Waals surface area contributed by atoms with Gasteiger partial charge in [-0.25, -0.2) is 0 Å². The topological polar surface area (TPSA) is 21.6 Å². The molecule has 0 unspecified atom stereocenters. The molecule has 0 amide bonds. The molecule has 0 saturated carbocycles. The Morgan fingerprint density at radius 3 is 2.00 bits per heavy atom. The molecule has 0 bridgehead atoms. The number of methoxy groups -OCH3 is 1. The summed E-state index contributed by atoms with van der Waals surface area (Å²) in [7, 11) is 3.42. The van der Waals surface area contributed by atoms with Crippen LogP contribution in [0.15, 0.2) is 4.99 Å². The van der Waals surface area contributed by atoms with Gasteiger partial charge in [-0.3, -0.25) is 4.99 Å². The fraction of sp³-hybridized carbons (Fsp3) is 0.875. The molecule has 0 N–H and O–H groups in total. The van der Waals surface area contributed by atoms with Crippen molar-refractivity contribution in [2.75, 3.05) is 14.2 Å². The van der Waals surface area contributed by atoms with Crippen molar-refractivity contribution in [2.45, 2.75) is 27.2 Å². The van der Waals surface area contributed by atoms with Gasteiger partial charge in [-0.15, -0.1) is 0 Å². The van der Waals surface area contributed by atoms with Crippen molar-refractivity contribution in [3.8, 4) is 0 Å². The molecule has 0 atom stereocenters. The van der Waals surface area contributed by atoms with E-state index in [0.29, 0.717) is 0 Å². The zero-order valence-corrected chi connectivity index (χ0v) is 7.56. The van der Waals surface area contributed by atoms with Crippen molar-refractivity contribution >= 4 is 5.90 Å². The molecule has 0 fully saturated rings. The van der Waals surface area contributed by atoms with E-state index in [1.807, 2.05) is 0 Å².